The molecule has 8 nitrogen and oxygen atoms in total. The minimum Gasteiger partial charge on any atom is -0.406 e. The van der Waals surface area contributed by atoms with E-state index in [9.17, 15) is 18.0 Å². The normalized spacial score (nSPS) is 16.3. The molecule has 1 unspecified atom stereocenters. The molecular weight excluding hydrogens is 637 g/mol. The molecule has 0 spiro atoms. The van der Waals surface area contributed by atoms with Crippen LogP contribution < -0.4 is 15.0 Å². The Kier molecular flexibility index (Phi) is 10.8. The fourth-order valence-corrected chi connectivity index (χ4v) is 6.87. The van der Waals surface area contributed by atoms with Gasteiger partial charge in [0, 0.05) is 29.6 Å². The molecule has 5 rings (SSSR count). The number of urea groups is 1. The lowest BCUT2D eigenvalue weighted by atomic mass is 9.85. The Hall–Kier alpha value is -4.32. The van der Waals surface area contributed by atoms with Crippen LogP contribution in [0.15, 0.2) is 78.0 Å². The summed E-state index contributed by atoms with van der Waals surface area (Å²) in [5, 5.41) is 8.27. The molecule has 0 radical (unpaired) electrons. The van der Waals surface area contributed by atoms with Gasteiger partial charge in [-0.2, -0.15) is 4.99 Å². The van der Waals surface area contributed by atoms with Crippen LogP contribution in [0.1, 0.15) is 57.2 Å². The third kappa shape index (κ3) is 9.18. The summed E-state index contributed by atoms with van der Waals surface area (Å²) in [7, 11) is 0. The minimum absolute atomic E-state index is 0.239. The fraction of sp³-hybridized carbons (Fsp3) is 0.389. The molecule has 3 aromatic carbocycles. The van der Waals surface area contributed by atoms with Gasteiger partial charge < -0.3 is 15.0 Å². The van der Waals surface area contributed by atoms with Gasteiger partial charge in [-0.3, -0.25) is 0 Å². The van der Waals surface area contributed by atoms with Crippen LogP contribution in [0.5, 0.6) is 5.75 Å². The molecule has 1 N–H and O–H groups in total. The van der Waals surface area contributed by atoms with Gasteiger partial charge in [-0.15, -0.1) is 18.3 Å². The second-order valence-corrected chi connectivity index (χ2v) is 13.9. The molecule has 2 amide bonds. The molecular formula is C36H41F3N6O2S. The van der Waals surface area contributed by atoms with Crippen molar-refractivity contribution >= 4 is 28.6 Å². The zero-order valence-electron chi connectivity index (χ0n) is 27.8. The largest absolute Gasteiger partial charge is 0.573 e. The first-order valence-electron chi connectivity index (χ1n) is 16.1. The topological polar surface area (TPSA) is 84.6 Å². The predicted octanol–water partition coefficient (Wildman–Crippen LogP) is 8.76. The molecule has 1 atom stereocenters. The number of thioether (sulfide) groups is 1. The third-order valence-electron chi connectivity index (χ3n) is 8.07. The van der Waals surface area contributed by atoms with Crippen molar-refractivity contribution in [1.29, 1.82) is 0 Å². The average molecular weight is 679 g/mol. The molecule has 1 aliphatic heterocycles. The van der Waals surface area contributed by atoms with Gasteiger partial charge in [0.25, 0.3) is 0 Å². The molecule has 1 saturated heterocycles. The second-order valence-electron chi connectivity index (χ2n) is 12.9. The van der Waals surface area contributed by atoms with E-state index in [2.05, 4.69) is 82.8 Å². The summed E-state index contributed by atoms with van der Waals surface area (Å²) in [6.45, 7) is 11.1. The van der Waals surface area contributed by atoms with Gasteiger partial charge in [-0.1, -0.05) is 75.4 Å². The van der Waals surface area contributed by atoms with E-state index in [-0.39, 0.29) is 23.2 Å². The summed E-state index contributed by atoms with van der Waals surface area (Å²) in [4.78, 5) is 24.3. The van der Waals surface area contributed by atoms with Crippen molar-refractivity contribution in [2.75, 3.05) is 17.2 Å². The Morgan fingerprint density at radius 2 is 1.81 bits per heavy atom. The van der Waals surface area contributed by atoms with Gasteiger partial charge in [0.05, 0.1) is 5.69 Å². The standard InChI is InChI=1S/C36H41F3N6O2S/c1-6-7-27-11-8-24(2)20-31(27)45-25(3)18-19-48-34(45)42-33(46)40-22-35(4,5)21-26-9-12-28(13-10-26)32-41-23-44(43-32)29-14-16-30(17-15-29)47-36(37,38)39/h8-17,20,23,25H,6-7,18-19,21-22H2,1-5H3,(H,40,46)/b42-34-. The first kappa shape index (κ1) is 35.0. The van der Waals surface area contributed by atoms with E-state index in [0.29, 0.717) is 18.1 Å². The van der Waals surface area contributed by atoms with Crippen molar-refractivity contribution in [1.82, 2.24) is 20.1 Å². The number of hydrogen-bond acceptors (Lipinski definition) is 5. The quantitative estimate of drug-likeness (QED) is 0.181. The number of amidine groups is 1. The second kappa shape index (κ2) is 14.8. The Morgan fingerprint density at radius 3 is 2.50 bits per heavy atom. The summed E-state index contributed by atoms with van der Waals surface area (Å²) in [6.07, 6.45) is 0.519. The highest BCUT2D eigenvalue weighted by molar-refractivity contribution is 8.14. The number of amides is 2. The molecule has 1 aromatic heterocycles. The number of aliphatic imine (C=N–C) groups is 1. The number of hydrogen-bond donors (Lipinski definition) is 1. The van der Waals surface area contributed by atoms with E-state index in [1.165, 1.54) is 46.4 Å². The highest BCUT2D eigenvalue weighted by atomic mass is 32.2. The van der Waals surface area contributed by atoms with Crippen LogP contribution in [0.2, 0.25) is 0 Å². The van der Waals surface area contributed by atoms with Crippen molar-refractivity contribution in [3.8, 4) is 22.8 Å². The van der Waals surface area contributed by atoms with Gasteiger partial charge in [0.2, 0.25) is 0 Å². The molecule has 0 saturated carbocycles. The summed E-state index contributed by atoms with van der Waals surface area (Å²) >= 11 is 1.63. The average Bonchev–Trinajstić information content (AvgIpc) is 3.52. The number of nitrogens with zero attached hydrogens (tertiary/aromatic N) is 5. The van der Waals surface area contributed by atoms with Gasteiger partial charge in [0.1, 0.15) is 12.1 Å². The Morgan fingerprint density at radius 1 is 1.08 bits per heavy atom. The van der Waals surface area contributed by atoms with Gasteiger partial charge >= 0.3 is 12.4 Å². The molecule has 48 heavy (non-hydrogen) atoms. The maximum atomic E-state index is 13.1. The van der Waals surface area contributed by atoms with Crippen molar-refractivity contribution < 1.29 is 22.7 Å². The molecule has 0 bridgehead atoms. The molecule has 1 fully saturated rings. The summed E-state index contributed by atoms with van der Waals surface area (Å²) < 4.78 is 42.8. The van der Waals surface area contributed by atoms with Crippen molar-refractivity contribution in [3.05, 3.63) is 89.7 Å². The summed E-state index contributed by atoms with van der Waals surface area (Å²) in [6, 6.07) is 19.8. The number of aryl methyl sites for hydroxylation is 2. The predicted molar refractivity (Wildman–Crippen MR) is 186 cm³/mol. The molecule has 2 heterocycles. The fourth-order valence-electron chi connectivity index (χ4n) is 5.66. The van der Waals surface area contributed by atoms with Crippen LogP contribution in [0.4, 0.5) is 23.7 Å². The Bertz CT molecular complexity index is 1740. The van der Waals surface area contributed by atoms with E-state index in [1.807, 2.05) is 24.3 Å². The Labute approximate surface area is 283 Å². The lowest BCUT2D eigenvalue weighted by molar-refractivity contribution is -0.274. The highest BCUT2D eigenvalue weighted by Crippen LogP contribution is 2.33. The SMILES string of the molecule is CCCc1ccc(C)cc1N1/C(=N/C(=O)NCC(C)(C)Cc2ccc(-c3ncn(-c4ccc(OC(F)(F)F)cc4)n3)cc2)SCCC1C. The van der Waals surface area contributed by atoms with Crippen molar-refractivity contribution in [2.24, 2.45) is 10.4 Å². The Balaban J connectivity index is 1.20. The van der Waals surface area contributed by atoms with Crippen LogP contribution in [0.3, 0.4) is 0 Å². The van der Waals surface area contributed by atoms with E-state index in [4.69, 9.17) is 0 Å². The first-order chi connectivity index (χ1) is 22.8. The van der Waals surface area contributed by atoms with E-state index < -0.39 is 6.36 Å². The molecule has 1 aliphatic rings. The minimum atomic E-state index is -4.75. The number of carbonyl (C=O) groups excluding carboxylic acids is 1. The lowest BCUT2D eigenvalue weighted by Crippen LogP contribution is -2.43. The maximum absolute atomic E-state index is 13.1. The molecule has 0 aliphatic carbocycles. The smallest absolute Gasteiger partial charge is 0.406 e. The number of nitrogens with one attached hydrogen (secondary N) is 1. The monoisotopic (exact) mass is 678 g/mol. The molecule has 254 valence electrons. The van der Waals surface area contributed by atoms with Crippen LogP contribution >= 0.6 is 11.8 Å². The van der Waals surface area contributed by atoms with Gasteiger partial charge in [0.15, 0.2) is 11.0 Å². The maximum Gasteiger partial charge on any atom is 0.573 e. The number of benzene rings is 3. The number of alkyl halides is 3. The highest BCUT2D eigenvalue weighted by Gasteiger charge is 2.31. The van der Waals surface area contributed by atoms with Crippen molar-refractivity contribution in [3.63, 3.8) is 0 Å². The number of aromatic nitrogens is 3. The van der Waals surface area contributed by atoms with E-state index in [1.54, 1.807) is 11.8 Å². The van der Waals surface area contributed by atoms with Gasteiger partial charge in [-0.05, 0) is 85.5 Å². The zero-order valence-corrected chi connectivity index (χ0v) is 28.7. The molecule has 4 aromatic rings. The number of ether oxygens (including phenoxy) is 1. The third-order valence-corrected chi connectivity index (χ3v) is 9.06. The number of anilines is 1. The number of rotatable bonds is 10. The van der Waals surface area contributed by atoms with Crippen LogP contribution in [0.25, 0.3) is 17.1 Å². The zero-order chi connectivity index (χ0) is 34.5. The van der Waals surface area contributed by atoms with Crippen LogP contribution in [0, 0.1) is 12.3 Å². The molecule has 12 heteroatoms. The van der Waals surface area contributed by atoms with Crippen LogP contribution in [-0.4, -0.2) is 50.7 Å². The first-order valence-corrected chi connectivity index (χ1v) is 17.0. The summed E-state index contributed by atoms with van der Waals surface area (Å²) in [5.41, 5.74) is 5.80. The van der Waals surface area contributed by atoms with E-state index in [0.717, 1.165) is 53.4 Å². The van der Waals surface area contributed by atoms with Gasteiger partial charge in [-0.25, -0.2) is 14.5 Å². The number of halogens is 3. The number of carbonyl (C=O) groups is 1. The van der Waals surface area contributed by atoms with Crippen molar-refractivity contribution in [2.45, 2.75) is 72.7 Å². The van der Waals surface area contributed by atoms with Crippen LogP contribution in [-0.2, 0) is 12.8 Å². The van der Waals surface area contributed by atoms with E-state index >= 15 is 0 Å². The lowest BCUT2D eigenvalue weighted by Gasteiger charge is -2.37. The summed E-state index contributed by atoms with van der Waals surface area (Å²) in [5.74, 6) is 1.10.